The number of fused-ring (bicyclic) bond motifs is 1. The van der Waals surface area contributed by atoms with Gasteiger partial charge in [0, 0.05) is 13.1 Å². The molecule has 2 heteroatoms. The maximum absolute atomic E-state index is 12.4. The van der Waals surface area contributed by atoms with Gasteiger partial charge in [-0.3, -0.25) is 0 Å². The van der Waals surface area contributed by atoms with Crippen LogP contribution in [0.15, 0.2) is 18.2 Å². The summed E-state index contributed by atoms with van der Waals surface area (Å²) in [5, 5.41) is 3.20. The number of hydrogen-bond donors (Lipinski definition) is 1. The molecule has 0 saturated heterocycles. The lowest BCUT2D eigenvalue weighted by molar-refractivity contribution is 0.482. The zero-order chi connectivity index (χ0) is 7.68. The minimum absolute atomic E-state index is 0.342. The van der Waals surface area contributed by atoms with Crippen molar-refractivity contribution in [1.82, 2.24) is 5.32 Å². The lowest BCUT2D eigenvalue weighted by atomic mass is 10.0. The van der Waals surface area contributed by atoms with Crippen molar-refractivity contribution < 1.29 is 4.39 Å². The molecule has 0 unspecified atom stereocenters. The highest BCUT2D eigenvalue weighted by molar-refractivity contribution is 5.37. The third kappa shape index (κ3) is 1.03. The van der Waals surface area contributed by atoms with E-state index in [1.807, 2.05) is 12.1 Å². The van der Waals surface area contributed by atoms with Gasteiger partial charge in [-0.15, -0.1) is 0 Å². The Morgan fingerprint density at radius 3 is 3.09 bits per heavy atom. The molecule has 0 fully saturated rings. The molecule has 1 aromatic rings. The Balaban J connectivity index is 2.50. The van der Waals surface area contributed by atoms with Gasteiger partial charge in [0.15, 0.2) is 0 Å². The summed E-state index contributed by atoms with van der Waals surface area (Å²) in [7, 11) is 0. The Kier molecular flexibility index (Phi) is 1.62. The van der Waals surface area contributed by atoms with Crippen LogP contribution >= 0.6 is 0 Å². The lowest BCUT2D eigenvalue weighted by Crippen LogP contribution is -2.00. The van der Waals surface area contributed by atoms with E-state index in [1.54, 1.807) is 0 Å². The molecule has 11 heavy (non-hydrogen) atoms. The highest BCUT2D eigenvalue weighted by Gasteiger charge is 2.12. The van der Waals surface area contributed by atoms with Crippen molar-refractivity contribution in [2.24, 2.45) is 0 Å². The minimum Gasteiger partial charge on any atom is -0.309 e. The van der Waals surface area contributed by atoms with Crippen molar-refractivity contribution in [1.29, 1.82) is 0 Å². The van der Waals surface area contributed by atoms with E-state index < -0.39 is 0 Å². The van der Waals surface area contributed by atoms with Crippen molar-refractivity contribution in [3.05, 3.63) is 34.9 Å². The SMILES string of the molecule is FCc1cccc2c1CNC2. The predicted molar refractivity (Wildman–Crippen MR) is 41.8 cm³/mol. The molecule has 1 nitrogen and oxygen atoms in total. The molecule has 0 atom stereocenters. The van der Waals surface area contributed by atoms with Crippen molar-refractivity contribution in [3.63, 3.8) is 0 Å². The second-order valence-corrected chi connectivity index (χ2v) is 2.79. The fourth-order valence-electron chi connectivity index (χ4n) is 1.53. The molecule has 1 aliphatic rings. The van der Waals surface area contributed by atoms with Crippen LogP contribution in [-0.2, 0) is 19.8 Å². The topological polar surface area (TPSA) is 12.0 Å². The summed E-state index contributed by atoms with van der Waals surface area (Å²) in [5.41, 5.74) is 3.25. The first-order valence-electron chi connectivity index (χ1n) is 3.78. The van der Waals surface area contributed by atoms with Gasteiger partial charge in [0.1, 0.15) is 6.67 Å². The molecule has 1 heterocycles. The average Bonchev–Trinajstić information content (AvgIpc) is 2.50. The summed E-state index contributed by atoms with van der Waals surface area (Å²) in [6.45, 7) is 1.38. The van der Waals surface area contributed by atoms with Crippen molar-refractivity contribution in [2.75, 3.05) is 0 Å². The van der Waals surface area contributed by atoms with Crippen molar-refractivity contribution >= 4 is 0 Å². The maximum Gasteiger partial charge on any atom is 0.115 e. The number of benzene rings is 1. The van der Waals surface area contributed by atoms with E-state index in [1.165, 1.54) is 5.56 Å². The van der Waals surface area contributed by atoms with Gasteiger partial charge in [0.25, 0.3) is 0 Å². The van der Waals surface area contributed by atoms with E-state index in [0.717, 1.165) is 24.2 Å². The quantitative estimate of drug-likeness (QED) is 0.644. The maximum atomic E-state index is 12.4. The smallest absolute Gasteiger partial charge is 0.115 e. The summed E-state index contributed by atoms with van der Waals surface area (Å²) < 4.78 is 12.4. The molecule has 1 aromatic carbocycles. The van der Waals surface area contributed by atoms with Gasteiger partial charge in [-0.05, 0) is 16.7 Å². The summed E-state index contributed by atoms with van der Waals surface area (Å²) in [6.07, 6.45) is 0. The monoisotopic (exact) mass is 151 g/mol. The first-order valence-corrected chi connectivity index (χ1v) is 3.78. The Labute approximate surface area is 65.2 Å². The number of nitrogens with one attached hydrogen (secondary N) is 1. The van der Waals surface area contributed by atoms with Crippen LogP contribution in [0.1, 0.15) is 16.7 Å². The minimum atomic E-state index is -0.342. The molecular formula is C9H10FN. The van der Waals surface area contributed by atoms with Crippen LogP contribution in [0.2, 0.25) is 0 Å². The van der Waals surface area contributed by atoms with Gasteiger partial charge in [-0.2, -0.15) is 0 Å². The van der Waals surface area contributed by atoms with Crippen LogP contribution in [0.25, 0.3) is 0 Å². The van der Waals surface area contributed by atoms with E-state index in [9.17, 15) is 4.39 Å². The van der Waals surface area contributed by atoms with E-state index in [0.29, 0.717) is 0 Å². The molecule has 1 aliphatic heterocycles. The molecule has 2 rings (SSSR count). The Morgan fingerprint density at radius 1 is 1.36 bits per heavy atom. The molecule has 0 radical (unpaired) electrons. The summed E-state index contributed by atoms with van der Waals surface area (Å²) in [4.78, 5) is 0. The van der Waals surface area contributed by atoms with Crippen LogP contribution in [0, 0.1) is 0 Å². The van der Waals surface area contributed by atoms with E-state index in [2.05, 4.69) is 11.4 Å². The molecular weight excluding hydrogens is 141 g/mol. The third-order valence-electron chi connectivity index (χ3n) is 2.13. The number of rotatable bonds is 1. The van der Waals surface area contributed by atoms with Crippen LogP contribution in [0.5, 0.6) is 0 Å². The van der Waals surface area contributed by atoms with Crippen LogP contribution in [-0.4, -0.2) is 0 Å². The fraction of sp³-hybridized carbons (Fsp3) is 0.333. The van der Waals surface area contributed by atoms with E-state index in [4.69, 9.17) is 0 Å². The standard InChI is InChI=1S/C9H10FN/c10-4-7-2-1-3-8-5-11-6-9(7)8/h1-3,11H,4-6H2. The van der Waals surface area contributed by atoms with Crippen LogP contribution in [0.4, 0.5) is 4.39 Å². The molecule has 0 aromatic heterocycles. The largest absolute Gasteiger partial charge is 0.309 e. The van der Waals surface area contributed by atoms with Gasteiger partial charge in [0.05, 0.1) is 0 Å². The zero-order valence-corrected chi connectivity index (χ0v) is 6.23. The lowest BCUT2D eigenvalue weighted by Gasteiger charge is -2.01. The first kappa shape index (κ1) is 6.80. The van der Waals surface area contributed by atoms with E-state index >= 15 is 0 Å². The van der Waals surface area contributed by atoms with Crippen molar-refractivity contribution in [2.45, 2.75) is 19.8 Å². The van der Waals surface area contributed by atoms with Gasteiger partial charge < -0.3 is 5.32 Å². The Hall–Kier alpha value is -0.890. The van der Waals surface area contributed by atoms with Crippen LogP contribution < -0.4 is 5.32 Å². The molecule has 0 spiro atoms. The molecule has 0 aliphatic carbocycles. The molecule has 0 saturated carbocycles. The zero-order valence-electron chi connectivity index (χ0n) is 6.23. The second-order valence-electron chi connectivity index (χ2n) is 2.79. The highest BCUT2D eigenvalue weighted by Crippen LogP contribution is 2.20. The summed E-state index contributed by atoms with van der Waals surface area (Å²) in [5.74, 6) is 0. The number of halogens is 1. The van der Waals surface area contributed by atoms with Crippen molar-refractivity contribution in [3.8, 4) is 0 Å². The predicted octanol–water partition coefficient (Wildman–Crippen LogP) is 1.76. The van der Waals surface area contributed by atoms with Gasteiger partial charge in [-0.1, -0.05) is 18.2 Å². The van der Waals surface area contributed by atoms with Gasteiger partial charge in [0.2, 0.25) is 0 Å². The molecule has 0 bridgehead atoms. The summed E-state index contributed by atoms with van der Waals surface area (Å²) in [6, 6.07) is 5.82. The van der Waals surface area contributed by atoms with E-state index in [-0.39, 0.29) is 6.67 Å². The second kappa shape index (κ2) is 2.62. The molecule has 1 N–H and O–H groups in total. The number of hydrogen-bond acceptors (Lipinski definition) is 1. The molecule has 0 amide bonds. The average molecular weight is 151 g/mol. The van der Waals surface area contributed by atoms with Gasteiger partial charge in [-0.25, -0.2) is 4.39 Å². The number of alkyl halides is 1. The Morgan fingerprint density at radius 2 is 2.27 bits per heavy atom. The summed E-state index contributed by atoms with van der Waals surface area (Å²) >= 11 is 0. The first-order chi connectivity index (χ1) is 5.42. The van der Waals surface area contributed by atoms with Gasteiger partial charge >= 0.3 is 0 Å². The normalized spacial score (nSPS) is 15.0. The highest BCUT2D eigenvalue weighted by atomic mass is 19.1. The molecule has 58 valence electrons. The Bertz CT molecular complexity index is 270. The third-order valence-corrected chi connectivity index (χ3v) is 2.13. The van der Waals surface area contributed by atoms with Crippen LogP contribution in [0.3, 0.4) is 0 Å². The fourth-order valence-corrected chi connectivity index (χ4v) is 1.53.